The van der Waals surface area contributed by atoms with Crippen LogP contribution >= 0.6 is 11.6 Å². The predicted octanol–water partition coefficient (Wildman–Crippen LogP) is 1.03. The van der Waals surface area contributed by atoms with Crippen molar-refractivity contribution in [3.8, 4) is 11.8 Å². The fourth-order valence-electron chi connectivity index (χ4n) is 2.52. The van der Waals surface area contributed by atoms with E-state index < -0.39 is 5.60 Å². The second-order valence-electron chi connectivity index (χ2n) is 4.79. The molecule has 0 unspecified atom stereocenters. The minimum atomic E-state index is -1.06. The SMILES string of the molecule is CN1C[C@@]2(C[C@H]1C#N)Oc1c(ccnc1Cl)NC2=O. The van der Waals surface area contributed by atoms with Crippen molar-refractivity contribution in [3.63, 3.8) is 0 Å². The van der Waals surface area contributed by atoms with Crippen LogP contribution in [0.15, 0.2) is 12.3 Å². The van der Waals surface area contributed by atoms with Crippen LogP contribution in [0.1, 0.15) is 6.42 Å². The molecule has 3 heterocycles. The molecule has 1 aromatic heterocycles. The quantitative estimate of drug-likeness (QED) is 0.717. The molecule has 0 aliphatic carbocycles. The van der Waals surface area contributed by atoms with Gasteiger partial charge in [0.1, 0.15) is 6.04 Å². The van der Waals surface area contributed by atoms with Crippen LogP contribution in [0, 0.1) is 11.3 Å². The number of nitriles is 1. The first kappa shape index (κ1) is 12.2. The van der Waals surface area contributed by atoms with Gasteiger partial charge in [-0.15, -0.1) is 0 Å². The summed E-state index contributed by atoms with van der Waals surface area (Å²) in [7, 11) is 1.79. The number of aromatic nitrogens is 1. The van der Waals surface area contributed by atoms with Crippen molar-refractivity contribution in [1.29, 1.82) is 5.26 Å². The summed E-state index contributed by atoms with van der Waals surface area (Å²) in [5.41, 5.74) is -0.548. The summed E-state index contributed by atoms with van der Waals surface area (Å²) in [6.45, 7) is 0.349. The molecule has 0 aromatic carbocycles. The van der Waals surface area contributed by atoms with Gasteiger partial charge < -0.3 is 10.1 Å². The van der Waals surface area contributed by atoms with Crippen molar-refractivity contribution in [2.45, 2.75) is 18.1 Å². The summed E-state index contributed by atoms with van der Waals surface area (Å²) in [6.07, 6.45) is 1.82. The molecule has 19 heavy (non-hydrogen) atoms. The summed E-state index contributed by atoms with van der Waals surface area (Å²) >= 11 is 5.99. The Bertz CT molecular complexity index is 600. The number of rotatable bonds is 0. The van der Waals surface area contributed by atoms with Crippen LogP contribution in [0.4, 0.5) is 5.69 Å². The van der Waals surface area contributed by atoms with Crippen LogP contribution < -0.4 is 10.1 Å². The Morgan fingerprint density at radius 2 is 2.53 bits per heavy atom. The van der Waals surface area contributed by atoms with Gasteiger partial charge >= 0.3 is 0 Å². The zero-order valence-electron chi connectivity index (χ0n) is 10.2. The van der Waals surface area contributed by atoms with Crippen LogP contribution in [0.3, 0.4) is 0 Å². The first-order chi connectivity index (χ1) is 9.05. The van der Waals surface area contributed by atoms with Crippen molar-refractivity contribution >= 4 is 23.2 Å². The Morgan fingerprint density at radius 3 is 3.21 bits per heavy atom. The van der Waals surface area contributed by atoms with Gasteiger partial charge in [-0.25, -0.2) is 4.98 Å². The smallest absolute Gasteiger partial charge is 0.270 e. The molecule has 6 nitrogen and oxygen atoms in total. The summed E-state index contributed by atoms with van der Waals surface area (Å²) < 4.78 is 5.83. The normalized spacial score (nSPS) is 29.5. The zero-order chi connectivity index (χ0) is 13.6. The number of halogens is 1. The zero-order valence-corrected chi connectivity index (χ0v) is 10.9. The van der Waals surface area contributed by atoms with E-state index in [1.807, 2.05) is 0 Å². The van der Waals surface area contributed by atoms with Gasteiger partial charge in [0, 0.05) is 19.2 Å². The number of amides is 1. The Morgan fingerprint density at radius 1 is 1.74 bits per heavy atom. The Labute approximate surface area is 114 Å². The van der Waals surface area contributed by atoms with Gasteiger partial charge in [-0.2, -0.15) is 5.26 Å². The topological polar surface area (TPSA) is 78.2 Å². The average molecular weight is 279 g/mol. The standard InChI is InChI=1S/C12H11ClN4O2/c1-17-6-12(4-7(17)5-14)11(18)16-8-2-3-15-10(13)9(8)19-12/h2-3,7H,4,6H2,1H3,(H,16,18)/t7-,12+/m0/s1. The van der Waals surface area contributed by atoms with E-state index in [-0.39, 0.29) is 17.1 Å². The number of ether oxygens (including phenoxy) is 1. The van der Waals surface area contributed by atoms with Gasteiger partial charge in [-0.1, -0.05) is 11.6 Å². The highest BCUT2D eigenvalue weighted by Crippen LogP contribution is 2.42. The minimum absolute atomic E-state index is 0.208. The van der Waals surface area contributed by atoms with Crippen molar-refractivity contribution in [1.82, 2.24) is 9.88 Å². The summed E-state index contributed by atoms with van der Waals surface area (Å²) in [5, 5.41) is 12.1. The number of likely N-dealkylation sites (tertiary alicyclic amines) is 1. The van der Waals surface area contributed by atoms with Crippen LogP contribution in [-0.4, -0.2) is 41.0 Å². The number of carbonyl (C=O) groups excluding carboxylic acids is 1. The van der Waals surface area contributed by atoms with E-state index in [4.69, 9.17) is 21.6 Å². The molecule has 2 atom stereocenters. The lowest BCUT2D eigenvalue weighted by molar-refractivity contribution is -0.131. The largest absolute Gasteiger partial charge is 0.471 e. The van der Waals surface area contributed by atoms with Gasteiger partial charge in [0.05, 0.1) is 11.8 Å². The minimum Gasteiger partial charge on any atom is -0.471 e. The Balaban J connectivity index is 2.01. The van der Waals surface area contributed by atoms with E-state index in [2.05, 4.69) is 16.4 Å². The van der Waals surface area contributed by atoms with Crippen LogP contribution in [0.5, 0.6) is 5.75 Å². The molecule has 1 spiro atoms. The molecular formula is C12H11ClN4O2. The maximum absolute atomic E-state index is 12.3. The maximum Gasteiger partial charge on any atom is 0.270 e. The molecule has 0 radical (unpaired) electrons. The number of hydrogen-bond donors (Lipinski definition) is 1. The van der Waals surface area contributed by atoms with E-state index in [1.165, 1.54) is 6.20 Å². The summed E-state index contributed by atoms with van der Waals surface area (Å²) in [6, 6.07) is 3.45. The van der Waals surface area contributed by atoms with Crippen molar-refractivity contribution in [2.75, 3.05) is 18.9 Å². The Kier molecular flexibility index (Phi) is 2.62. The van der Waals surface area contributed by atoms with Gasteiger partial charge in [-0.05, 0) is 13.1 Å². The highest BCUT2D eigenvalue weighted by atomic mass is 35.5. The molecule has 0 saturated carbocycles. The third kappa shape index (κ3) is 1.74. The third-order valence-electron chi connectivity index (χ3n) is 3.53. The van der Waals surface area contributed by atoms with Crippen LogP contribution in [-0.2, 0) is 4.79 Å². The molecule has 1 N–H and O–H groups in total. The highest BCUT2D eigenvalue weighted by Gasteiger charge is 2.53. The maximum atomic E-state index is 12.3. The van der Waals surface area contributed by atoms with E-state index in [1.54, 1.807) is 18.0 Å². The first-order valence-corrected chi connectivity index (χ1v) is 6.18. The van der Waals surface area contributed by atoms with Gasteiger partial charge in [-0.3, -0.25) is 9.69 Å². The monoisotopic (exact) mass is 278 g/mol. The summed E-state index contributed by atoms with van der Waals surface area (Å²) in [5.74, 6) is 0.127. The predicted molar refractivity (Wildman–Crippen MR) is 67.9 cm³/mol. The second kappa shape index (κ2) is 4.08. The molecule has 1 fully saturated rings. The molecule has 2 aliphatic rings. The number of nitrogens with one attached hydrogen (secondary N) is 1. The number of carbonyl (C=O) groups is 1. The lowest BCUT2D eigenvalue weighted by Crippen LogP contribution is -2.52. The molecule has 2 aliphatic heterocycles. The number of hydrogen-bond acceptors (Lipinski definition) is 5. The van der Waals surface area contributed by atoms with Gasteiger partial charge in [0.2, 0.25) is 5.60 Å². The number of pyridine rings is 1. The fraction of sp³-hybridized carbons (Fsp3) is 0.417. The van der Waals surface area contributed by atoms with Gasteiger partial charge in [0.15, 0.2) is 10.9 Å². The van der Waals surface area contributed by atoms with E-state index in [9.17, 15) is 4.79 Å². The molecule has 3 rings (SSSR count). The van der Waals surface area contributed by atoms with Crippen molar-refractivity contribution in [3.05, 3.63) is 17.4 Å². The van der Waals surface area contributed by atoms with Crippen molar-refractivity contribution < 1.29 is 9.53 Å². The van der Waals surface area contributed by atoms with Crippen molar-refractivity contribution in [2.24, 2.45) is 0 Å². The van der Waals surface area contributed by atoms with E-state index >= 15 is 0 Å². The molecule has 1 aromatic rings. The number of nitrogens with zero attached hydrogens (tertiary/aromatic N) is 3. The number of likely N-dealkylation sites (N-methyl/N-ethyl adjacent to an activating group) is 1. The Hall–Kier alpha value is -1.84. The fourth-order valence-corrected chi connectivity index (χ4v) is 2.72. The molecular weight excluding hydrogens is 268 g/mol. The number of anilines is 1. The van der Waals surface area contributed by atoms with E-state index in [0.717, 1.165) is 0 Å². The molecule has 7 heteroatoms. The molecule has 98 valence electrons. The number of fused-ring (bicyclic) bond motifs is 1. The van der Waals surface area contributed by atoms with Crippen LogP contribution in [0.25, 0.3) is 0 Å². The lowest BCUT2D eigenvalue weighted by atomic mass is 9.97. The average Bonchev–Trinajstić information content (AvgIpc) is 2.70. The summed E-state index contributed by atoms with van der Waals surface area (Å²) in [4.78, 5) is 18.0. The van der Waals surface area contributed by atoms with Crippen LogP contribution in [0.2, 0.25) is 5.15 Å². The first-order valence-electron chi connectivity index (χ1n) is 5.80. The second-order valence-corrected chi connectivity index (χ2v) is 5.15. The molecule has 1 saturated heterocycles. The van der Waals surface area contributed by atoms with E-state index in [0.29, 0.717) is 24.4 Å². The third-order valence-corrected chi connectivity index (χ3v) is 3.80. The molecule has 0 bridgehead atoms. The molecule has 1 amide bonds. The highest BCUT2D eigenvalue weighted by molar-refractivity contribution is 6.31. The lowest BCUT2D eigenvalue weighted by Gasteiger charge is -2.34. The van der Waals surface area contributed by atoms with Gasteiger partial charge in [0.25, 0.3) is 5.91 Å².